The molecule has 7 heteroatoms. The van der Waals surface area contributed by atoms with Gasteiger partial charge in [0.15, 0.2) is 23.1 Å². The Morgan fingerprint density at radius 2 is 1.44 bits per heavy atom. The fourth-order valence-electron chi connectivity index (χ4n) is 2.46. The third-order valence-corrected chi connectivity index (χ3v) is 3.47. The van der Waals surface area contributed by atoms with Gasteiger partial charge in [0, 0.05) is 11.8 Å². The number of pyridine rings is 1. The maximum Gasteiger partial charge on any atom is 0.257 e. The van der Waals surface area contributed by atoms with Crippen LogP contribution in [0, 0.1) is 0 Å². The van der Waals surface area contributed by atoms with Crippen LogP contribution in [0.1, 0.15) is 38.1 Å². The molecule has 0 radical (unpaired) electrons. The average Bonchev–Trinajstić information content (AvgIpc) is 2.66. The van der Waals surface area contributed by atoms with Gasteiger partial charge in [0.1, 0.15) is 0 Å². The fourth-order valence-corrected chi connectivity index (χ4v) is 2.46. The van der Waals surface area contributed by atoms with Gasteiger partial charge < -0.3 is 24.3 Å². The molecule has 1 amide bonds. The van der Waals surface area contributed by atoms with E-state index in [0.29, 0.717) is 60.8 Å². The highest BCUT2D eigenvalue weighted by molar-refractivity contribution is 6.05. The number of hydrogen-bond acceptors (Lipinski definition) is 6. The third kappa shape index (κ3) is 5.26. The number of benzene rings is 1. The molecular weight excluding hydrogens is 348 g/mol. The van der Waals surface area contributed by atoms with Crippen molar-refractivity contribution in [1.82, 2.24) is 4.98 Å². The highest BCUT2D eigenvalue weighted by atomic mass is 16.5. The predicted octanol–water partition coefficient (Wildman–Crippen LogP) is 3.93. The number of nitrogens with one attached hydrogen (secondary N) is 1. The van der Waals surface area contributed by atoms with Crippen molar-refractivity contribution in [2.45, 2.75) is 27.7 Å². The molecule has 0 aliphatic heterocycles. The molecule has 0 aliphatic carbocycles. The first-order valence-corrected chi connectivity index (χ1v) is 9.10. The van der Waals surface area contributed by atoms with Crippen molar-refractivity contribution >= 4 is 11.7 Å². The van der Waals surface area contributed by atoms with E-state index in [4.69, 9.17) is 18.9 Å². The van der Waals surface area contributed by atoms with E-state index in [1.807, 2.05) is 27.7 Å². The van der Waals surface area contributed by atoms with Crippen LogP contribution in [-0.4, -0.2) is 37.3 Å². The Bertz CT molecular complexity index is 737. The Balaban J connectivity index is 2.37. The first kappa shape index (κ1) is 20.4. The lowest BCUT2D eigenvalue weighted by Crippen LogP contribution is -2.15. The van der Waals surface area contributed by atoms with Crippen LogP contribution in [0.3, 0.4) is 0 Å². The number of carbonyl (C=O) groups excluding carboxylic acids is 1. The summed E-state index contributed by atoms with van der Waals surface area (Å²) in [6.07, 6.45) is 1.59. The van der Waals surface area contributed by atoms with Crippen LogP contribution in [0.5, 0.6) is 23.0 Å². The molecule has 0 spiro atoms. The highest BCUT2D eigenvalue weighted by Gasteiger charge is 2.19. The van der Waals surface area contributed by atoms with E-state index in [1.165, 1.54) is 0 Å². The number of carbonyl (C=O) groups is 1. The van der Waals surface area contributed by atoms with Crippen LogP contribution in [0.25, 0.3) is 0 Å². The maximum atomic E-state index is 12.8. The molecule has 1 aromatic carbocycles. The zero-order valence-electron chi connectivity index (χ0n) is 16.2. The van der Waals surface area contributed by atoms with Crippen molar-refractivity contribution < 1.29 is 23.7 Å². The zero-order valence-corrected chi connectivity index (χ0v) is 16.2. The molecule has 0 saturated heterocycles. The molecule has 2 rings (SSSR count). The number of amides is 1. The first-order valence-electron chi connectivity index (χ1n) is 9.10. The molecule has 0 fully saturated rings. The number of aromatic nitrogens is 1. The molecule has 7 nitrogen and oxygen atoms in total. The second-order valence-corrected chi connectivity index (χ2v) is 5.34. The van der Waals surface area contributed by atoms with E-state index in [9.17, 15) is 4.79 Å². The first-order chi connectivity index (χ1) is 13.1. The molecule has 146 valence electrons. The Kier molecular flexibility index (Phi) is 7.73. The number of anilines is 1. The van der Waals surface area contributed by atoms with Gasteiger partial charge in [0.25, 0.3) is 5.91 Å². The molecule has 0 unspecified atom stereocenters. The second kappa shape index (κ2) is 10.3. The molecule has 1 heterocycles. The summed E-state index contributed by atoms with van der Waals surface area (Å²) in [7, 11) is 0. The highest BCUT2D eigenvalue weighted by Crippen LogP contribution is 2.39. The van der Waals surface area contributed by atoms with E-state index >= 15 is 0 Å². The van der Waals surface area contributed by atoms with Gasteiger partial charge in [0.2, 0.25) is 5.75 Å². The lowest BCUT2D eigenvalue weighted by Gasteiger charge is -2.17. The molecule has 1 aromatic heterocycles. The lowest BCUT2D eigenvalue weighted by atomic mass is 10.1. The summed E-state index contributed by atoms with van der Waals surface area (Å²) in [5, 5.41) is 2.77. The van der Waals surface area contributed by atoms with Gasteiger partial charge in [-0.1, -0.05) is 0 Å². The van der Waals surface area contributed by atoms with Crippen LogP contribution in [0.4, 0.5) is 5.82 Å². The molecule has 0 saturated carbocycles. The van der Waals surface area contributed by atoms with Gasteiger partial charge in [-0.2, -0.15) is 0 Å². The van der Waals surface area contributed by atoms with E-state index in [2.05, 4.69) is 10.3 Å². The van der Waals surface area contributed by atoms with Gasteiger partial charge in [-0.3, -0.25) is 4.79 Å². The van der Waals surface area contributed by atoms with Crippen molar-refractivity contribution in [2.24, 2.45) is 0 Å². The van der Waals surface area contributed by atoms with E-state index in [0.717, 1.165) is 0 Å². The van der Waals surface area contributed by atoms with Crippen molar-refractivity contribution in [3.05, 3.63) is 36.0 Å². The molecule has 2 aromatic rings. The van der Waals surface area contributed by atoms with Crippen LogP contribution in [0.15, 0.2) is 30.5 Å². The normalized spacial score (nSPS) is 10.2. The Labute approximate surface area is 159 Å². The van der Waals surface area contributed by atoms with Gasteiger partial charge in [-0.25, -0.2) is 4.98 Å². The van der Waals surface area contributed by atoms with Crippen LogP contribution in [-0.2, 0) is 0 Å². The second-order valence-electron chi connectivity index (χ2n) is 5.34. The number of nitrogens with zero attached hydrogens (tertiary/aromatic N) is 1. The smallest absolute Gasteiger partial charge is 0.257 e. The predicted molar refractivity (Wildman–Crippen MR) is 103 cm³/mol. The number of rotatable bonds is 10. The summed E-state index contributed by atoms with van der Waals surface area (Å²) in [4.78, 5) is 17.0. The van der Waals surface area contributed by atoms with Crippen molar-refractivity contribution in [3.8, 4) is 23.0 Å². The minimum atomic E-state index is -0.348. The molecule has 1 N–H and O–H groups in total. The largest absolute Gasteiger partial charge is 0.490 e. The standard InChI is InChI=1S/C20H26N2O5/c1-5-24-15-10-9-11-21-19(15)22-20(23)14-12-16(25-6-2)18(27-8-4)17(13-14)26-7-3/h9-13H,5-8H2,1-4H3,(H,21,22,23). The molecule has 0 aliphatic rings. The van der Waals surface area contributed by atoms with Crippen LogP contribution in [0.2, 0.25) is 0 Å². The average molecular weight is 374 g/mol. The minimum Gasteiger partial charge on any atom is -0.490 e. The van der Waals surface area contributed by atoms with Crippen LogP contribution < -0.4 is 24.3 Å². The third-order valence-electron chi connectivity index (χ3n) is 3.47. The van der Waals surface area contributed by atoms with E-state index in [1.54, 1.807) is 30.5 Å². The van der Waals surface area contributed by atoms with E-state index in [-0.39, 0.29) is 5.91 Å². The van der Waals surface area contributed by atoms with Gasteiger partial charge in [0.05, 0.1) is 26.4 Å². The summed E-state index contributed by atoms with van der Waals surface area (Å²) in [5.74, 6) is 1.93. The fraction of sp³-hybridized carbons (Fsp3) is 0.400. The topological polar surface area (TPSA) is 78.9 Å². The summed E-state index contributed by atoms with van der Waals surface area (Å²) in [5.41, 5.74) is 0.374. The molecule has 0 bridgehead atoms. The van der Waals surface area contributed by atoms with Crippen molar-refractivity contribution in [2.75, 3.05) is 31.7 Å². The maximum absolute atomic E-state index is 12.8. The summed E-state index contributed by atoms with van der Waals surface area (Å²) in [6, 6.07) is 6.77. The van der Waals surface area contributed by atoms with Crippen molar-refractivity contribution in [3.63, 3.8) is 0 Å². The Hall–Kier alpha value is -2.96. The van der Waals surface area contributed by atoms with Crippen molar-refractivity contribution in [1.29, 1.82) is 0 Å². The van der Waals surface area contributed by atoms with E-state index < -0.39 is 0 Å². The molecule has 27 heavy (non-hydrogen) atoms. The summed E-state index contributed by atoms with van der Waals surface area (Å²) in [6.45, 7) is 9.28. The van der Waals surface area contributed by atoms with Gasteiger partial charge in [-0.15, -0.1) is 0 Å². The Morgan fingerprint density at radius 1 is 0.889 bits per heavy atom. The quantitative estimate of drug-likeness (QED) is 0.679. The summed E-state index contributed by atoms with van der Waals surface area (Å²) >= 11 is 0. The SMILES string of the molecule is CCOc1cccnc1NC(=O)c1cc(OCC)c(OCC)c(OCC)c1. The number of hydrogen-bond donors (Lipinski definition) is 1. The monoisotopic (exact) mass is 374 g/mol. The lowest BCUT2D eigenvalue weighted by molar-refractivity contribution is 0.102. The summed E-state index contributed by atoms with van der Waals surface area (Å²) < 4.78 is 22.5. The van der Waals surface area contributed by atoms with Gasteiger partial charge >= 0.3 is 0 Å². The number of ether oxygens (including phenoxy) is 4. The molecular formula is C20H26N2O5. The van der Waals surface area contributed by atoms with Gasteiger partial charge in [-0.05, 0) is 52.0 Å². The zero-order chi connectivity index (χ0) is 19.6. The minimum absolute atomic E-state index is 0.348. The Morgan fingerprint density at radius 3 is 2.00 bits per heavy atom. The molecule has 0 atom stereocenters. The van der Waals surface area contributed by atoms with Crippen LogP contribution >= 0.6 is 0 Å².